The van der Waals surface area contributed by atoms with E-state index < -0.39 is 6.10 Å². The number of aliphatic hydroxyl groups excluding tert-OH is 1. The van der Waals surface area contributed by atoms with Crippen molar-refractivity contribution in [3.8, 4) is 0 Å². The first-order valence-corrected chi connectivity index (χ1v) is 8.36. The molecule has 0 saturated carbocycles. The zero-order valence-corrected chi connectivity index (χ0v) is 14.1. The Labute approximate surface area is 145 Å². The summed E-state index contributed by atoms with van der Waals surface area (Å²) < 4.78 is 18.0. The van der Waals surface area contributed by atoms with Gasteiger partial charge in [-0.2, -0.15) is 0 Å². The Morgan fingerprint density at radius 2 is 2.20 bits per heavy atom. The molecule has 7 heteroatoms. The first-order chi connectivity index (χ1) is 12.0. The van der Waals surface area contributed by atoms with Gasteiger partial charge in [-0.1, -0.05) is 17.3 Å². The van der Waals surface area contributed by atoms with E-state index in [1.165, 1.54) is 12.1 Å². The first kappa shape index (κ1) is 17.6. The van der Waals surface area contributed by atoms with Crippen LogP contribution < -0.4 is 5.32 Å². The van der Waals surface area contributed by atoms with Crippen LogP contribution >= 0.6 is 0 Å². The smallest absolute Gasteiger partial charge is 0.230 e. The Morgan fingerprint density at radius 1 is 1.44 bits per heavy atom. The van der Waals surface area contributed by atoms with Crippen LogP contribution in [0.4, 0.5) is 4.39 Å². The van der Waals surface area contributed by atoms with Crippen molar-refractivity contribution >= 4 is 5.91 Å². The topological polar surface area (TPSA) is 78.6 Å². The number of carbonyl (C=O) groups excluding carboxylic acids is 1. The van der Waals surface area contributed by atoms with Crippen LogP contribution in [0.3, 0.4) is 0 Å². The fraction of sp³-hybridized carbons (Fsp3) is 0.444. The Hall–Kier alpha value is -2.25. The van der Waals surface area contributed by atoms with E-state index in [0.29, 0.717) is 31.8 Å². The van der Waals surface area contributed by atoms with Gasteiger partial charge in [0.2, 0.25) is 5.91 Å². The fourth-order valence-corrected chi connectivity index (χ4v) is 3.13. The number of carbonyl (C=O) groups is 1. The Morgan fingerprint density at radius 3 is 2.88 bits per heavy atom. The molecule has 3 rings (SSSR count). The van der Waals surface area contributed by atoms with Gasteiger partial charge in [0.1, 0.15) is 11.6 Å². The molecule has 1 aromatic carbocycles. The number of nitrogens with zero attached hydrogens (tertiary/aromatic N) is 2. The second-order valence-electron chi connectivity index (χ2n) is 6.46. The lowest BCUT2D eigenvalue weighted by Crippen LogP contribution is -2.42. The summed E-state index contributed by atoms with van der Waals surface area (Å²) in [5.41, 5.74) is 1.71. The summed E-state index contributed by atoms with van der Waals surface area (Å²) in [7, 11) is 0. The molecule has 2 N–H and O–H groups in total. The molecule has 1 amide bonds. The number of rotatable bonds is 6. The normalized spacial score (nSPS) is 20.2. The molecule has 0 unspecified atom stereocenters. The maximum absolute atomic E-state index is 12.9. The lowest BCUT2D eigenvalue weighted by atomic mass is 10.1. The van der Waals surface area contributed by atoms with Crippen LogP contribution in [0.2, 0.25) is 0 Å². The van der Waals surface area contributed by atoms with Crippen molar-refractivity contribution in [1.82, 2.24) is 15.4 Å². The molecule has 134 valence electrons. The molecule has 0 radical (unpaired) electrons. The van der Waals surface area contributed by atoms with E-state index in [-0.39, 0.29) is 24.2 Å². The van der Waals surface area contributed by atoms with Crippen molar-refractivity contribution in [2.24, 2.45) is 0 Å². The summed E-state index contributed by atoms with van der Waals surface area (Å²) in [4.78, 5) is 14.2. The molecule has 2 heterocycles. The van der Waals surface area contributed by atoms with Crippen molar-refractivity contribution in [3.05, 3.63) is 53.2 Å². The number of aliphatic hydroxyl groups is 1. The molecule has 1 saturated heterocycles. The van der Waals surface area contributed by atoms with Gasteiger partial charge in [-0.15, -0.1) is 0 Å². The van der Waals surface area contributed by atoms with Crippen LogP contribution in [0.25, 0.3) is 0 Å². The third kappa shape index (κ3) is 4.64. The predicted octanol–water partition coefficient (Wildman–Crippen LogP) is 1.42. The minimum absolute atomic E-state index is 0.0769. The molecule has 2 atom stereocenters. The minimum atomic E-state index is -0.516. The van der Waals surface area contributed by atoms with Crippen LogP contribution in [-0.2, 0) is 17.8 Å². The molecular weight excluding hydrogens is 325 g/mol. The Balaban J connectivity index is 1.53. The highest BCUT2D eigenvalue weighted by atomic mass is 19.1. The third-order valence-electron chi connectivity index (χ3n) is 4.34. The van der Waals surface area contributed by atoms with Crippen molar-refractivity contribution in [3.63, 3.8) is 0 Å². The lowest BCUT2D eigenvalue weighted by molar-refractivity contribution is -0.131. The van der Waals surface area contributed by atoms with Crippen LogP contribution in [0.1, 0.15) is 23.4 Å². The largest absolute Gasteiger partial charge is 0.391 e. The average Bonchev–Trinajstić information content (AvgIpc) is 3.15. The molecule has 0 bridgehead atoms. The highest BCUT2D eigenvalue weighted by molar-refractivity contribution is 5.79. The van der Waals surface area contributed by atoms with Crippen molar-refractivity contribution in [1.29, 1.82) is 0 Å². The summed E-state index contributed by atoms with van der Waals surface area (Å²) in [6.07, 6.45) is 0.164. The number of aryl methyl sites for hydroxylation is 1. The van der Waals surface area contributed by atoms with Crippen molar-refractivity contribution < 1.29 is 18.8 Å². The van der Waals surface area contributed by atoms with Gasteiger partial charge in [-0.05, 0) is 31.0 Å². The summed E-state index contributed by atoms with van der Waals surface area (Å²) >= 11 is 0. The zero-order valence-electron chi connectivity index (χ0n) is 14.1. The number of hydrogen-bond donors (Lipinski definition) is 2. The first-order valence-electron chi connectivity index (χ1n) is 8.36. The molecule has 1 aromatic heterocycles. The van der Waals surface area contributed by atoms with Gasteiger partial charge in [0.25, 0.3) is 0 Å². The standard InChI is InChI=1S/C18H22FN3O3/c1-12-6-17(25-21-12)8-18(24)22-11-16(23)7-15(22)10-20-9-13-2-4-14(19)5-3-13/h2-6,15-16,20,23H,7-11H2,1H3/t15-,16+/m0/s1. The van der Waals surface area contributed by atoms with E-state index in [0.717, 1.165) is 11.3 Å². The molecule has 25 heavy (non-hydrogen) atoms. The van der Waals surface area contributed by atoms with Crippen molar-refractivity contribution in [2.75, 3.05) is 13.1 Å². The van der Waals surface area contributed by atoms with Crippen LogP contribution in [0, 0.1) is 12.7 Å². The van der Waals surface area contributed by atoms with E-state index in [4.69, 9.17) is 4.52 Å². The summed E-state index contributed by atoms with van der Waals surface area (Å²) in [6.45, 7) is 3.28. The molecule has 0 spiro atoms. The number of likely N-dealkylation sites (tertiary alicyclic amines) is 1. The summed E-state index contributed by atoms with van der Waals surface area (Å²) in [5, 5.41) is 17.0. The lowest BCUT2D eigenvalue weighted by Gasteiger charge is -2.24. The van der Waals surface area contributed by atoms with Crippen molar-refractivity contribution in [2.45, 2.75) is 38.5 Å². The molecular formula is C18H22FN3O3. The van der Waals surface area contributed by atoms with Gasteiger partial charge in [0, 0.05) is 31.7 Å². The van der Waals surface area contributed by atoms with Gasteiger partial charge in [-0.25, -0.2) is 4.39 Å². The minimum Gasteiger partial charge on any atom is -0.391 e. The number of amides is 1. The van der Waals surface area contributed by atoms with Crippen LogP contribution in [-0.4, -0.2) is 46.3 Å². The highest BCUT2D eigenvalue weighted by Crippen LogP contribution is 2.19. The number of hydrogen-bond acceptors (Lipinski definition) is 5. The zero-order chi connectivity index (χ0) is 17.8. The average molecular weight is 347 g/mol. The van der Waals surface area contributed by atoms with Crippen LogP contribution in [0.15, 0.2) is 34.9 Å². The maximum Gasteiger partial charge on any atom is 0.230 e. The molecule has 1 aliphatic heterocycles. The predicted molar refractivity (Wildman–Crippen MR) is 89.2 cm³/mol. The van der Waals surface area contributed by atoms with E-state index in [2.05, 4.69) is 10.5 Å². The molecule has 1 aliphatic rings. The number of benzene rings is 1. The Bertz CT molecular complexity index is 717. The molecule has 6 nitrogen and oxygen atoms in total. The van der Waals surface area contributed by atoms with Crippen LogP contribution in [0.5, 0.6) is 0 Å². The highest BCUT2D eigenvalue weighted by Gasteiger charge is 2.34. The monoisotopic (exact) mass is 347 g/mol. The molecule has 0 aliphatic carbocycles. The van der Waals surface area contributed by atoms with E-state index in [9.17, 15) is 14.3 Å². The quantitative estimate of drug-likeness (QED) is 0.826. The second-order valence-corrected chi connectivity index (χ2v) is 6.46. The van der Waals surface area contributed by atoms with Gasteiger partial charge in [0.05, 0.1) is 18.2 Å². The molecule has 2 aromatic rings. The van der Waals surface area contributed by atoms with E-state index in [1.807, 2.05) is 0 Å². The Kier molecular flexibility index (Phi) is 5.45. The maximum atomic E-state index is 12.9. The second kappa shape index (κ2) is 7.76. The third-order valence-corrected chi connectivity index (χ3v) is 4.34. The summed E-state index contributed by atoms with van der Waals surface area (Å²) in [5.74, 6) is 0.185. The SMILES string of the molecule is Cc1cc(CC(=O)N2C[C@H](O)C[C@H]2CNCc2ccc(F)cc2)on1. The van der Waals surface area contributed by atoms with Gasteiger partial charge < -0.3 is 19.8 Å². The van der Waals surface area contributed by atoms with Gasteiger partial charge >= 0.3 is 0 Å². The molecule has 1 fully saturated rings. The van der Waals surface area contributed by atoms with E-state index in [1.54, 1.807) is 30.0 Å². The number of β-amino-alcohol motifs (C(OH)–C–C–N with tert-alkyl or cyclic N) is 1. The number of nitrogens with one attached hydrogen (secondary N) is 1. The number of halogens is 1. The van der Waals surface area contributed by atoms with Gasteiger partial charge in [0.15, 0.2) is 0 Å². The summed E-state index contributed by atoms with van der Waals surface area (Å²) in [6, 6.07) is 7.96. The van der Waals surface area contributed by atoms with E-state index >= 15 is 0 Å². The number of aromatic nitrogens is 1. The fourth-order valence-electron chi connectivity index (χ4n) is 3.13. The van der Waals surface area contributed by atoms with Gasteiger partial charge in [-0.3, -0.25) is 4.79 Å².